The molecular formula is C20H21NO2. The average Bonchev–Trinajstić information content (AvgIpc) is 2.61. The number of Topliss-reactive ketones (excluding diaryl/α,β-unsaturated/α-hetero) is 1. The molecule has 2 aromatic rings. The maximum Gasteiger partial charge on any atom is 0.255 e. The summed E-state index contributed by atoms with van der Waals surface area (Å²) in [6.07, 6.45) is 3.53. The summed E-state index contributed by atoms with van der Waals surface area (Å²) in [5.41, 5.74) is 1.51. The molecule has 0 spiro atoms. The zero-order valence-electron chi connectivity index (χ0n) is 13.3. The Labute approximate surface area is 137 Å². The van der Waals surface area contributed by atoms with Crippen molar-refractivity contribution in [2.24, 2.45) is 0 Å². The van der Waals surface area contributed by atoms with Crippen molar-refractivity contribution < 1.29 is 9.59 Å². The highest BCUT2D eigenvalue weighted by Gasteiger charge is 2.19. The number of amides is 1. The van der Waals surface area contributed by atoms with Crippen LogP contribution in [0.3, 0.4) is 0 Å². The van der Waals surface area contributed by atoms with Crippen molar-refractivity contribution in [2.45, 2.75) is 19.8 Å². The lowest BCUT2D eigenvalue weighted by Gasteiger charge is -2.08. The summed E-state index contributed by atoms with van der Waals surface area (Å²) in [6.45, 7) is 2.63. The molecule has 0 aliphatic rings. The number of nitrogens with one attached hydrogen (secondary N) is 1. The van der Waals surface area contributed by atoms with Gasteiger partial charge in [-0.3, -0.25) is 9.59 Å². The summed E-state index contributed by atoms with van der Waals surface area (Å²) in [6, 6.07) is 18.3. The van der Waals surface area contributed by atoms with E-state index in [0.29, 0.717) is 12.1 Å². The van der Waals surface area contributed by atoms with Gasteiger partial charge >= 0.3 is 0 Å². The molecule has 1 amide bonds. The maximum absolute atomic E-state index is 12.7. The number of hydrogen-bond donors (Lipinski definition) is 1. The molecule has 0 aromatic heterocycles. The molecule has 0 saturated carbocycles. The Balaban J connectivity index is 2.29. The number of rotatable bonds is 7. The topological polar surface area (TPSA) is 46.2 Å². The SMILES string of the molecule is CCCCNC(=O)/C(=C\c1ccccc1)C(=O)c1ccccc1. The first kappa shape index (κ1) is 16.7. The molecule has 2 rings (SSSR count). The van der Waals surface area contributed by atoms with E-state index in [2.05, 4.69) is 12.2 Å². The lowest BCUT2D eigenvalue weighted by molar-refractivity contribution is -0.117. The highest BCUT2D eigenvalue weighted by atomic mass is 16.2. The molecule has 0 aliphatic heterocycles. The van der Waals surface area contributed by atoms with Crippen molar-refractivity contribution in [3.63, 3.8) is 0 Å². The van der Waals surface area contributed by atoms with Gasteiger partial charge in [-0.25, -0.2) is 0 Å². The summed E-state index contributed by atoms with van der Waals surface area (Å²) in [5.74, 6) is -0.584. The monoisotopic (exact) mass is 307 g/mol. The Morgan fingerprint density at radius 2 is 1.57 bits per heavy atom. The van der Waals surface area contributed by atoms with E-state index < -0.39 is 0 Å². The summed E-state index contributed by atoms with van der Waals surface area (Å²) in [5, 5.41) is 2.83. The summed E-state index contributed by atoms with van der Waals surface area (Å²) < 4.78 is 0. The van der Waals surface area contributed by atoms with Crippen LogP contribution in [0, 0.1) is 0 Å². The minimum absolute atomic E-state index is 0.165. The minimum atomic E-state index is -0.323. The maximum atomic E-state index is 12.7. The van der Waals surface area contributed by atoms with Gasteiger partial charge < -0.3 is 5.32 Å². The molecule has 0 fully saturated rings. The fraction of sp³-hybridized carbons (Fsp3) is 0.200. The third kappa shape index (κ3) is 4.92. The second-order valence-corrected chi connectivity index (χ2v) is 5.27. The van der Waals surface area contributed by atoms with E-state index in [1.54, 1.807) is 30.3 Å². The van der Waals surface area contributed by atoms with Gasteiger partial charge in [0.25, 0.3) is 5.91 Å². The first-order valence-electron chi connectivity index (χ1n) is 7.87. The van der Waals surface area contributed by atoms with Gasteiger partial charge in [0.15, 0.2) is 5.78 Å². The van der Waals surface area contributed by atoms with Crippen LogP contribution in [-0.4, -0.2) is 18.2 Å². The third-order valence-corrected chi connectivity index (χ3v) is 3.45. The van der Waals surface area contributed by atoms with Crippen LogP contribution in [-0.2, 0) is 4.79 Å². The van der Waals surface area contributed by atoms with E-state index in [1.807, 2.05) is 36.4 Å². The summed E-state index contributed by atoms with van der Waals surface area (Å²) in [4.78, 5) is 25.1. The molecule has 0 bridgehead atoms. The van der Waals surface area contributed by atoms with Crippen LogP contribution < -0.4 is 5.32 Å². The molecule has 2 aromatic carbocycles. The largest absolute Gasteiger partial charge is 0.352 e. The highest BCUT2D eigenvalue weighted by Crippen LogP contribution is 2.13. The van der Waals surface area contributed by atoms with E-state index in [9.17, 15) is 9.59 Å². The lowest BCUT2D eigenvalue weighted by atomic mass is 10.00. The number of ketones is 1. The van der Waals surface area contributed by atoms with E-state index in [-0.39, 0.29) is 17.3 Å². The van der Waals surface area contributed by atoms with Crippen LogP contribution in [0.5, 0.6) is 0 Å². The van der Waals surface area contributed by atoms with Gasteiger partial charge in [0.05, 0.1) is 5.57 Å². The first-order chi connectivity index (χ1) is 11.2. The number of benzene rings is 2. The zero-order chi connectivity index (χ0) is 16.5. The number of carbonyl (C=O) groups excluding carboxylic acids is 2. The van der Waals surface area contributed by atoms with E-state index in [0.717, 1.165) is 18.4 Å². The van der Waals surface area contributed by atoms with Crippen LogP contribution in [0.2, 0.25) is 0 Å². The van der Waals surface area contributed by atoms with Crippen molar-refractivity contribution in [2.75, 3.05) is 6.54 Å². The number of hydrogen-bond acceptors (Lipinski definition) is 2. The van der Waals surface area contributed by atoms with Gasteiger partial charge in [0, 0.05) is 12.1 Å². The fourth-order valence-corrected chi connectivity index (χ4v) is 2.17. The van der Waals surface area contributed by atoms with Crippen molar-refractivity contribution in [1.29, 1.82) is 0 Å². The average molecular weight is 307 g/mol. The van der Waals surface area contributed by atoms with E-state index in [4.69, 9.17) is 0 Å². The Morgan fingerprint density at radius 3 is 2.17 bits per heavy atom. The molecule has 1 N–H and O–H groups in total. The van der Waals surface area contributed by atoms with Crippen LogP contribution in [0.15, 0.2) is 66.2 Å². The summed E-state index contributed by atoms with van der Waals surface area (Å²) in [7, 11) is 0. The molecule has 0 radical (unpaired) electrons. The molecule has 118 valence electrons. The Morgan fingerprint density at radius 1 is 0.957 bits per heavy atom. The molecule has 3 heteroatoms. The Kier molecular flexibility index (Phi) is 6.30. The van der Waals surface area contributed by atoms with Gasteiger partial charge in [-0.15, -0.1) is 0 Å². The smallest absolute Gasteiger partial charge is 0.255 e. The van der Waals surface area contributed by atoms with Crippen LogP contribution in [0.25, 0.3) is 6.08 Å². The van der Waals surface area contributed by atoms with Crippen LogP contribution in [0.4, 0.5) is 0 Å². The Hall–Kier alpha value is -2.68. The normalized spacial score (nSPS) is 11.1. The van der Waals surface area contributed by atoms with E-state index in [1.165, 1.54) is 0 Å². The second-order valence-electron chi connectivity index (χ2n) is 5.27. The molecule has 3 nitrogen and oxygen atoms in total. The lowest BCUT2D eigenvalue weighted by Crippen LogP contribution is -2.29. The minimum Gasteiger partial charge on any atom is -0.352 e. The fourth-order valence-electron chi connectivity index (χ4n) is 2.17. The predicted molar refractivity (Wildman–Crippen MR) is 93.1 cm³/mol. The van der Waals surface area contributed by atoms with Crippen LogP contribution in [0.1, 0.15) is 35.7 Å². The van der Waals surface area contributed by atoms with Crippen molar-refractivity contribution in [1.82, 2.24) is 5.32 Å². The van der Waals surface area contributed by atoms with Crippen molar-refractivity contribution in [3.8, 4) is 0 Å². The second kappa shape index (κ2) is 8.69. The third-order valence-electron chi connectivity index (χ3n) is 3.45. The first-order valence-corrected chi connectivity index (χ1v) is 7.87. The molecule has 23 heavy (non-hydrogen) atoms. The molecule has 0 saturated heterocycles. The quantitative estimate of drug-likeness (QED) is 0.277. The van der Waals surface area contributed by atoms with Crippen LogP contribution >= 0.6 is 0 Å². The van der Waals surface area contributed by atoms with Gasteiger partial charge in [0.2, 0.25) is 0 Å². The van der Waals surface area contributed by atoms with Gasteiger partial charge in [-0.2, -0.15) is 0 Å². The standard InChI is InChI=1S/C20H21NO2/c1-2-3-14-21-20(23)18(15-16-10-6-4-7-11-16)19(22)17-12-8-5-9-13-17/h4-13,15H,2-3,14H2,1H3,(H,21,23)/b18-15-. The molecule has 0 unspecified atom stereocenters. The number of unbranched alkanes of at least 4 members (excludes halogenated alkanes) is 1. The molecule has 0 heterocycles. The van der Waals surface area contributed by atoms with Gasteiger partial charge in [-0.1, -0.05) is 74.0 Å². The Bertz CT molecular complexity index is 675. The highest BCUT2D eigenvalue weighted by molar-refractivity contribution is 6.28. The zero-order valence-corrected chi connectivity index (χ0v) is 13.3. The van der Waals surface area contributed by atoms with Gasteiger partial charge in [0.1, 0.15) is 0 Å². The van der Waals surface area contributed by atoms with E-state index >= 15 is 0 Å². The van der Waals surface area contributed by atoms with Gasteiger partial charge in [-0.05, 0) is 18.1 Å². The molecule has 0 aliphatic carbocycles. The molecular weight excluding hydrogens is 286 g/mol. The predicted octanol–water partition coefficient (Wildman–Crippen LogP) is 3.87. The van der Waals surface area contributed by atoms with Crippen molar-refractivity contribution >= 4 is 17.8 Å². The number of carbonyl (C=O) groups is 2. The summed E-state index contributed by atoms with van der Waals surface area (Å²) >= 11 is 0. The molecule has 0 atom stereocenters. The van der Waals surface area contributed by atoms with Crippen molar-refractivity contribution in [3.05, 3.63) is 77.4 Å².